The molecule has 86 valence electrons. The van der Waals surface area contributed by atoms with Crippen LogP contribution in [-0.2, 0) is 0 Å². The first kappa shape index (κ1) is 11.3. The Bertz CT molecular complexity index is 538. The molecule has 0 fully saturated rings. The zero-order valence-corrected chi connectivity index (χ0v) is 9.18. The number of halogens is 1. The third-order valence-electron chi connectivity index (χ3n) is 2.40. The third kappa shape index (κ3) is 2.30. The number of methoxy groups -OCH3 is 1. The van der Waals surface area contributed by atoms with Crippen LogP contribution in [-0.4, -0.2) is 18.4 Å². The molecule has 2 aromatic rings. The number of hydrogen-bond donors (Lipinski definition) is 0. The Hall–Kier alpha value is -2.23. The number of rotatable bonds is 3. The normalized spacial score (nSPS) is 10.0. The summed E-state index contributed by atoms with van der Waals surface area (Å²) in [6.07, 6.45) is 2.26. The molecule has 1 heterocycles. The standard InChI is InChI=1S/C13H10FNO2/c1-17-13-6-10(8-16)12(7-15-13)9-2-4-11(14)5-3-9/h2-8H,1H3. The summed E-state index contributed by atoms with van der Waals surface area (Å²) < 4.78 is 17.7. The highest BCUT2D eigenvalue weighted by atomic mass is 19.1. The second-order valence-corrected chi connectivity index (χ2v) is 3.44. The van der Waals surface area contributed by atoms with Gasteiger partial charge in [0.2, 0.25) is 5.88 Å². The number of carbonyl (C=O) groups is 1. The van der Waals surface area contributed by atoms with Crippen LogP contribution in [0.4, 0.5) is 4.39 Å². The average molecular weight is 231 g/mol. The first-order valence-electron chi connectivity index (χ1n) is 4.99. The molecule has 0 aliphatic heterocycles. The number of carbonyl (C=O) groups excluding carboxylic acids is 1. The topological polar surface area (TPSA) is 39.2 Å². The van der Waals surface area contributed by atoms with Gasteiger partial charge in [0.25, 0.3) is 0 Å². The van der Waals surface area contributed by atoms with Crippen molar-refractivity contribution in [3.05, 3.63) is 47.9 Å². The minimum atomic E-state index is -0.317. The molecule has 0 saturated carbocycles. The van der Waals surface area contributed by atoms with E-state index in [1.807, 2.05) is 0 Å². The van der Waals surface area contributed by atoms with Gasteiger partial charge in [-0.1, -0.05) is 12.1 Å². The highest BCUT2D eigenvalue weighted by Crippen LogP contribution is 2.24. The maximum Gasteiger partial charge on any atom is 0.213 e. The quantitative estimate of drug-likeness (QED) is 0.762. The van der Waals surface area contributed by atoms with Crippen molar-refractivity contribution in [3.8, 4) is 17.0 Å². The molecule has 3 nitrogen and oxygen atoms in total. The summed E-state index contributed by atoms with van der Waals surface area (Å²) in [6.45, 7) is 0. The average Bonchev–Trinajstić information content (AvgIpc) is 2.39. The van der Waals surface area contributed by atoms with Crippen LogP contribution in [0.1, 0.15) is 10.4 Å². The van der Waals surface area contributed by atoms with Gasteiger partial charge in [0.15, 0.2) is 6.29 Å². The van der Waals surface area contributed by atoms with Crippen LogP contribution in [0.25, 0.3) is 11.1 Å². The van der Waals surface area contributed by atoms with E-state index < -0.39 is 0 Å². The van der Waals surface area contributed by atoms with Crippen LogP contribution >= 0.6 is 0 Å². The fourth-order valence-electron chi connectivity index (χ4n) is 1.53. The Labute approximate surface area is 97.9 Å². The summed E-state index contributed by atoms with van der Waals surface area (Å²) >= 11 is 0. The predicted molar refractivity (Wildman–Crippen MR) is 61.6 cm³/mol. The number of hydrogen-bond acceptors (Lipinski definition) is 3. The summed E-state index contributed by atoms with van der Waals surface area (Å²) in [7, 11) is 1.48. The number of aromatic nitrogens is 1. The van der Waals surface area contributed by atoms with Crippen molar-refractivity contribution >= 4 is 6.29 Å². The Morgan fingerprint density at radius 1 is 1.29 bits per heavy atom. The molecule has 1 aromatic heterocycles. The van der Waals surface area contributed by atoms with Gasteiger partial charge in [-0.15, -0.1) is 0 Å². The van der Waals surface area contributed by atoms with Crippen molar-refractivity contribution in [2.75, 3.05) is 7.11 Å². The lowest BCUT2D eigenvalue weighted by molar-refractivity contribution is 0.112. The lowest BCUT2D eigenvalue weighted by Crippen LogP contribution is -1.93. The highest BCUT2D eigenvalue weighted by molar-refractivity contribution is 5.87. The zero-order valence-electron chi connectivity index (χ0n) is 9.18. The predicted octanol–water partition coefficient (Wildman–Crippen LogP) is 2.71. The van der Waals surface area contributed by atoms with E-state index in [9.17, 15) is 9.18 Å². The monoisotopic (exact) mass is 231 g/mol. The molecule has 0 bridgehead atoms. The highest BCUT2D eigenvalue weighted by Gasteiger charge is 2.07. The molecule has 0 saturated heterocycles. The van der Waals surface area contributed by atoms with Gasteiger partial charge in [-0.3, -0.25) is 4.79 Å². The molecule has 2 rings (SSSR count). The van der Waals surface area contributed by atoms with Gasteiger partial charge in [0.05, 0.1) is 7.11 Å². The van der Waals surface area contributed by atoms with Crippen LogP contribution in [0.2, 0.25) is 0 Å². The van der Waals surface area contributed by atoms with E-state index in [4.69, 9.17) is 4.74 Å². The lowest BCUT2D eigenvalue weighted by atomic mass is 10.0. The van der Waals surface area contributed by atoms with Crippen molar-refractivity contribution in [2.24, 2.45) is 0 Å². The van der Waals surface area contributed by atoms with E-state index in [-0.39, 0.29) is 5.82 Å². The summed E-state index contributed by atoms with van der Waals surface area (Å²) in [5.74, 6) is 0.0563. The van der Waals surface area contributed by atoms with Crippen molar-refractivity contribution in [1.82, 2.24) is 4.98 Å². The Kier molecular flexibility index (Phi) is 3.14. The molecule has 0 unspecified atom stereocenters. The van der Waals surface area contributed by atoms with Gasteiger partial charge in [0, 0.05) is 23.4 Å². The molecular weight excluding hydrogens is 221 g/mol. The molecular formula is C13H10FNO2. The van der Waals surface area contributed by atoms with Crippen molar-refractivity contribution < 1.29 is 13.9 Å². The minimum absolute atomic E-state index is 0.317. The molecule has 0 amide bonds. The number of aldehydes is 1. The Morgan fingerprint density at radius 3 is 2.59 bits per heavy atom. The van der Waals surface area contributed by atoms with Gasteiger partial charge in [-0.05, 0) is 17.7 Å². The van der Waals surface area contributed by atoms with Gasteiger partial charge >= 0.3 is 0 Å². The Balaban J connectivity index is 2.51. The van der Waals surface area contributed by atoms with Gasteiger partial charge < -0.3 is 4.74 Å². The lowest BCUT2D eigenvalue weighted by Gasteiger charge is -2.06. The largest absolute Gasteiger partial charge is 0.481 e. The van der Waals surface area contributed by atoms with E-state index in [0.717, 1.165) is 11.8 Å². The summed E-state index contributed by atoms with van der Waals surface area (Å²) in [5.41, 5.74) is 1.85. The maximum absolute atomic E-state index is 12.8. The fourth-order valence-corrected chi connectivity index (χ4v) is 1.53. The smallest absolute Gasteiger partial charge is 0.213 e. The summed E-state index contributed by atoms with van der Waals surface area (Å²) in [6, 6.07) is 7.44. The maximum atomic E-state index is 12.8. The van der Waals surface area contributed by atoms with Crippen molar-refractivity contribution in [2.45, 2.75) is 0 Å². The molecule has 0 atom stereocenters. The van der Waals surface area contributed by atoms with Crippen LogP contribution in [0.3, 0.4) is 0 Å². The van der Waals surface area contributed by atoms with E-state index in [0.29, 0.717) is 17.0 Å². The second kappa shape index (κ2) is 4.74. The van der Waals surface area contributed by atoms with E-state index in [1.54, 1.807) is 18.2 Å². The summed E-state index contributed by atoms with van der Waals surface area (Å²) in [5, 5.41) is 0. The number of pyridine rings is 1. The molecule has 0 spiro atoms. The number of benzene rings is 1. The fraction of sp³-hybridized carbons (Fsp3) is 0.0769. The van der Waals surface area contributed by atoms with E-state index >= 15 is 0 Å². The second-order valence-electron chi connectivity index (χ2n) is 3.44. The minimum Gasteiger partial charge on any atom is -0.481 e. The molecule has 17 heavy (non-hydrogen) atoms. The molecule has 0 radical (unpaired) electrons. The number of nitrogens with zero attached hydrogens (tertiary/aromatic N) is 1. The van der Waals surface area contributed by atoms with Crippen molar-refractivity contribution in [3.63, 3.8) is 0 Å². The van der Waals surface area contributed by atoms with Crippen LogP contribution in [0.15, 0.2) is 36.5 Å². The molecule has 0 aliphatic rings. The van der Waals surface area contributed by atoms with Crippen molar-refractivity contribution in [1.29, 1.82) is 0 Å². The van der Waals surface area contributed by atoms with E-state index in [2.05, 4.69) is 4.98 Å². The molecule has 0 N–H and O–H groups in total. The van der Waals surface area contributed by atoms with Gasteiger partial charge in [0.1, 0.15) is 5.82 Å². The molecule has 0 aliphatic carbocycles. The first-order valence-corrected chi connectivity index (χ1v) is 4.99. The first-order chi connectivity index (χ1) is 8.24. The molecule has 1 aromatic carbocycles. The van der Waals surface area contributed by atoms with Gasteiger partial charge in [-0.2, -0.15) is 0 Å². The van der Waals surface area contributed by atoms with Crippen LogP contribution in [0, 0.1) is 5.82 Å². The van der Waals surface area contributed by atoms with Gasteiger partial charge in [-0.25, -0.2) is 9.37 Å². The van der Waals surface area contributed by atoms with E-state index in [1.165, 1.54) is 25.4 Å². The molecule has 4 heteroatoms. The SMILES string of the molecule is COc1cc(C=O)c(-c2ccc(F)cc2)cn1. The zero-order chi connectivity index (χ0) is 12.3. The summed E-state index contributed by atoms with van der Waals surface area (Å²) in [4.78, 5) is 15.0. The third-order valence-corrected chi connectivity index (χ3v) is 2.40. The van der Waals surface area contributed by atoms with Crippen LogP contribution in [0.5, 0.6) is 5.88 Å². The number of ether oxygens (including phenoxy) is 1. The Morgan fingerprint density at radius 2 is 2.00 bits per heavy atom. The van der Waals surface area contributed by atoms with Crippen LogP contribution < -0.4 is 4.74 Å².